The lowest BCUT2D eigenvalue weighted by atomic mass is 10.1. The summed E-state index contributed by atoms with van der Waals surface area (Å²) in [6, 6.07) is 0. The van der Waals surface area contributed by atoms with E-state index in [-0.39, 0.29) is 30.2 Å². The molecule has 1 amide bonds. The molecule has 0 aromatic rings. The Labute approximate surface area is 162 Å². The molecule has 1 atom stereocenters. The van der Waals surface area contributed by atoms with Crippen LogP contribution in [0.5, 0.6) is 0 Å². The molecule has 1 saturated heterocycles. The standard InChI is InChI=1S/C17H33N5O4S/c1-2-18-17(20-9-8-19-16(23)14-6-7-14)21-10-12-27(24,25)22-13-15-5-3-4-11-26-15/h14-15,22H,2-13H2,1H3,(H,19,23)(H2,18,20,21). The van der Waals surface area contributed by atoms with Gasteiger partial charge in [-0.1, -0.05) is 0 Å². The SMILES string of the molecule is CCNC(=NCCS(=O)(=O)NCC1CCCCO1)NCCNC(=O)C1CC1. The number of hydrogen-bond donors (Lipinski definition) is 4. The molecule has 9 nitrogen and oxygen atoms in total. The third-order valence-electron chi connectivity index (χ3n) is 4.44. The summed E-state index contributed by atoms with van der Waals surface area (Å²) in [5.41, 5.74) is 0. The molecule has 27 heavy (non-hydrogen) atoms. The molecule has 1 aliphatic carbocycles. The molecule has 0 bridgehead atoms. The minimum Gasteiger partial charge on any atom is -0.377 e. The quantitative estimate of drug-likeness (QED) is 0.211. The van der Waals surface area contributed by atoms with Gasteiger partial charge in [0.15, 0.2) is 5.96 Å². The molecule has 1 saturated carbocycles. The van der Waals surface area contributed by atoms with E-state index in [4.69, 9.17) is 4.74 Å². The highest BCUT2D eigenvalue weighted by Gasteiger charge is 2.28. The Balaban J connectivity index is 1.64. The molecule has 0 aromatic heterocycles. The van der Waals surface area contributed by atoms with Crippen LogP contribution in [0.3, 0.4) is 0 Å². The van der Waals surface area contributed by atoms with Gasteiger partial charge in [0.25, 0.3) is 0 Å². The van der Waals surface area contributed by atoms with Crippen LogP contribution in [0, 0.1) is 5.92 Å². The van der Waals surface area contributed by atoms with Crippen LogP contribution in [0.15, 0.2) is 4.99 Å². The van der Waals surface area contributed by atoms with Crippen LogP contribution in [-0.4, -0.2) is 71.5 Å². The van der Waals surface area contributed by atoms with E-state index in [0.717, 1.165) is 32.1 Å². The molecule has 1 unspecified atom stereocenters. The second kappa shape index (κ2) is 11.5. The Morgan fingerprint density at radius 2 is 1.89 bits per heavy atom. The van der Waals surface area contributed by atoms with Gasteiger partial charge in [0, 0.05) is 38.7 Å². The van der Waals surface area contributed by atoms with Crippen LogP contribution in [0.25, 0.3) is 0 Å². The fraction of sp³-hybridized carbons (Fsp3) is 0.882. The maximum Gasteiger partial charge on any atom is 0.223 e. The van der Waals surface area contributed by atoms with Crippen molar-refractivity contribution in [3.05, 3.63) is 0 Å². The first kappa shape index (κ1) is 21.9. The lowest BCUT2D eigenvalue weighted by Gasteiger charge is -2.22. The van der Waals surface area contributed by atoms with Gasteiger partial charge in [-0.15, -0.1) is 0 Å². The molecule has 0 radical (unpaired) electrons. The molecule has 1 aliphatic heterocycles. The number of amides is 1. The van der Waals surface area contributed by atoms with E-state index >= 15 is 0 Å². The van der Waals surface area contributed by atoms with Crippen molar-refractivity contribution in [2.75, 3.05) is 45.1 Å². The summed E-state index contributed by atoms with van der Waals surface area (Å²) in [4.78, 5) is 15.9. The van der Waals surface area contributed by atoms with Gasteiger partial charge in [0.05, 0.1) is 18.4 Å². The van der Waals surface area contributed by atoms with E-state index in [9.17, 15) is 13.2 Å². The molecule has 2 fully saturated rings. The number of sulfonamides is 1. The number of aliphatic imine (C=N–C) groups is 1. The van der Waals surface area contributed by atoms with Gasteiger partial charge in [-0.25, -0.2) is 13.1 Å². The Morgan fingerprint density at radius 3 is 2.56 bits per heavy atom. The van der Waals surface area contributed by atoms with Crippen LogP contribution >= 0.6 is 0 Å². The molecule has 2 aliphatic rings. The van der Waals surface area contributed by atoms with Crippen molar-refractivity contribution in [1.82, 2.24) is 20.7 Å². The third-order valence-corrected chi connectivity index (χ3v) is 5.77. The van der Waals surface area contributed by atoms with Gasteiger partial charge < -0.3 is 20.7 Å². The minimum atomic E-state index is -3.38. The topological polar surface area (TPSA) is 121 Å². The maximum atomic E-state index is 12.1. The van der Waals surface area contributed by atoms with Gasteiger partial charge in [0.2, 0.25) is 15.9 Å². The number of carbonyl (C=O) groups excluding carboxylic acids is 1. The van der Waals surface area contributed by atoms with E-state index in [1.807, 2.05) is 6.92 Å². The number of ether oxygens (including phenoxy) is 1. The van der Waals surface area contributed by atoms with Crippen molar-refractivity contribution in [3.8, 4) is 0 Å². The first-order valence-electron chi connectivity index (χ1n) is 9.89. The first-order valence-corrected chi connectivity index (χ1v) is 11.5. The van der Waals surface area contributed by atoms with Gasteiger partial charge >= 0.3 is 0 Å². The molecule has 10 heteroatoms. The first-order chi connectivity index (χ1) is 13.0. The number of carbonyl (C=O) groups is 1. The zero-order valence-electron chi connectivity index (χ0n) is 16.1. The van der Waals surface area contributed by atoms with E-state index in [1.165, 1.54) is 0 Å². The molecular formula is C17H33N5O4S. The van der Waals surface area contributed by atoms with Crippen LogP contribution < -0.4 is 20.7 Å². The third kappa shape index (κ3) is 9.39. The molecule has 2 rings (SSSR count). The predicted molar refractivity (Wildman–Crippen MR) is 105 cm³/mol. The summed E-state index contributed by atoms with van der Waals surface area (Å²) < 4.78 is 32.3. The van der Waals surface area contributed by atoms with E-state index < -0.39 is 10.0 Å². The van der Waals surface area contributed by atoms with Crippen molar-refractivity contribution in [3.63, 3.8) is 0 Å². The Kier molecular flexibility index (Phi) is 9.29. The summed E-state index contributed by atoms with van der Waals surface area (Å²) in [7, 11) is -3.38. The number of rotatable bonds is 11. The van der Waals surface area contributed by atoms with Gasteiger partial charge in [-0.2, -0.15) is 0 Å². The van der Waals surface area contributed by atoms with Crippen molar-refractivity contribution >= 4 is 21.9 Å². The van der Waals surface area contributed by atoms with Crippen LogP contribution in [0.2, 0.25) is 0 Å². The number of guanidine groups is 1. The highest BCUT2D eigenvalue weighted by atomic mass is 32.2. The summed E-state index contributed by atoms with van der Waals surface area (Å²) in [6.45, 7) is 4.85. The van der Waals surface area contributed by atoms with Crippen molar-refractivity contribution in [2.45, 2.75) is 45.1 Å². The predicted octanol–water partition coefficient (Wildman–Crippen LogP) is -0.444. The molecular weight excluding hydrogens is 370 g/mol. The number of nitrogens with one attached hydrogen (secondary N) is 4. The average molecular weight is 404 g/mol. The summed E-state index contributed by atoms with van der Waals surface area (Å²) in [6.07, 6.45) is 4.96. The second-order valence-corrected chi connectivity index (χ2v) is 8.84. The van der Waals surface area contributed by atoms with Crippen molar-refractivity contribution < 1.29 is 17.9 Å². The van der Waals surface area contributed by atoms with Gasteiger partial charge in [-0.3, -0.25) is 9.79 Å². The summed E-state index contributed by atoms with van der Waals surface area (Å²) >= 11 is 0. The van der Waals surface area contributed by atoms with Crippen molar-refractivity contribution in [1.29, 1.82) is 0 Å². The highest BCUT2D eigenvalue weighted by molar-refractivity contribution is 7.89. The lowest BCUT2D eigenvalue weighted by Crippen LogP contribution is -2.42. The fourth-order valence-corrected chi connectivity index (χ4v) is 3.65. The molecule has 0 aromatic carbocycles. The molecule has 1 heterocycles. The number of nitrogens with zero attached hydrogens (tertiary/aromatic N) is 1. The second-order valence-electron chi connectivity index (χ2n) is 6.91. The zero-order valence-corrected chi connectivity index (χ0v) is 16.9. The summed E-state index contributed by atoms with van der Waals surface area (Å²) in [5.74, 6) is 0.778. The normalized spacial score (nSPS) is 20.9. The van der Waals surface area contributed by atoms with Crippen LogP contribution in [0.4, 0.5) is 0 Å². The minimum absolute atomic E-state index is 0.0261. The smallest absolute Gasteiger partial charge is 0.223 e. The Hall–Kier alpha value is -1.39. The van der Waals surface area contributed by atoms with Gasteiger partial charge in [0.1, 0.15) is 0 Å². The Bertz CT molecular complexity index is 586. The van der Waals surface area contributed by atoms with Crippen LogP contribution in [0.1, 0.15) is 39.0 Å². The average Bonchev–Trinajstić information content (AvgIpc) is 3.49. The molecule has 4 N–H and O–H groups in total. The molecule has 156 valence electrons. The van der Waals surface area contributed by atoms with E-state index in [0.29, 0.717) is 38.7 Å². The van der Waals surface area contributed by atoms with Gasteiger partial charge in [-0.05, 0) is 39.0 Å². The van der Waals surface area contributed by atoms with E-state index in [2.05, 4.69) is 25.7 Å². The number of hydrogen-bond acceptors (Lipinski definition) is 5. The highest BCUT2D eigenvalue weighted by Crippen LogP contribution is 2.28. The summed E-state index contributed by atoms with van der Waals surface area (Å²) in [5, 5.41) is 9.03. The fourth-order valence-electron chi connectivity index (χ4n) is 2.74. The van der Waals surface area contributed by atoms with Crippen LogP contribution in [-0.2, 0) is 19.6 Å². The lowest BCUT2D eigenvalue weighted by molar-refractivity contribution is -0.122. The largest absolute Gasteiger partial charge is 0.377 e. The maximum absolute atomic E-state index is 12.1. The Morgan fingerprint density at radius 1 is 1.11 bits per heavy atom. The van der Waals surface area contributed by atoms with E-state index in [1.54, 1.807) is 0 Å². The monoisotopic (exact) mass is 403 g/mol. The van der Waals surface area contributed by atoms with Crippen molar-refractivity contribution in [2.24, 2.45) is 10.9 Å². The zero-order chi connectivity index (χ0) is 19.5. The molecule has 0 spiro atoms.